The van der Waals surface area contributed by atoms with E-state index in [0.717, 1.165) is 30.5 Å². The number of carboxylic acids is 1. The van der Waals surface area contributed by atoms with Gasteiger partial charge in [-0.1, -0.05) is 0 Å². The molecule has 1 aromatic heterocycles. The van der Waals surface area contributed by atoms with Gasteiger partial charge < -0.3 is 10.0 Å². The highest BCUT2D eigenvalue weighted by molar-refractivity contribution is 7.08. The minimum Gasteiger partial charge on any atom is -0.478 e. The fourth-order valence-electron chi connectivity index (χ4n) is 2.95. The maximum atomic E-state index is 12.8. The zero-order valence-electron chi connectivity index (χ0n) is 12.5. The first kappa shape index (κ1) is 16.1. The lowest BCUT2D eigenvalue weighted by Gasteiger charge is -2.24. The van der Waals surface area contributed by atoms with Crippen molar-refractivity contribution in [1.29, 1.82) is 0 Å². The van der Waals surface area contributed by atoms with Gasteiger partial charge in [-0.05, 0) is 41.3 Å². The second kappa shape index (κ2) is 6.40. The van der Waals surface area contributed by atoms with E-state index in [1.54, 1.807) is 16.2 Å². The Morgan fingerprint density at radius 2 is 2.04 bits per heavy atom. The Morgan fingerprint density at radius 1 is 1.29 bits per heavy atom. The number of likely N-dealkylation sites (tertiary alicyclic amines) is 1. The molecule has 8 heteroatoms. The summed E-state index contributed by atoms with van der Waals surface area (Å²) in [6.07, 6.45) is 1.66. The lowest BCUT2D eigenvalue weighted by atomic mass is 10.1. The van der Waals surface area contributed by atoms with Gasteiger partial charge in [-0.25, -0.2) is 4.79 Å². The van der Waals surface area contributed by atoms with E-state index in [9.17, 15) is 19.7 Å². The summed E-state index contributed by atoms with van der Waals surface area (Å²) in [5, 5.41) is 24.0. The second-order valence-electron chi connectivity index (χ2n) is 5.54. The first-order chi connectivity index (χ1) is 11.5. The molecule has 0 spiro atoms. The summed E-state index contributed by atoms with van der Waals surface area (Å²) in [6, 6.07) is 5.17. The van der Waals surface area contributed by atoms with Crippen molar-refractivity contribution in [2.24, 2.45) is 0 Å². The Labute approximate surface area is 141 Å². The summed E-state index contributed by atoms with van der Waals surface area (Å²) >= 11 is 1.54. The van der Waals surface area contributed by atoms with Crippen LogP contribution >= 0.6 is 11.3 Å². The molecular formula is C16H14N2O5S. The number of hydrogen-bond acceptors (Lipinski definition) is 5. The molecule has 1 saturated heterocycles. The van der Waals surface area contributed by atoms with Gasteiger partial charge >= 0.3 is 5.97 Å². The monoisotopic (exact) mass is 346 g/mol. The number of non-ortho nitro benzene ring substituents is 1. The molecule has 0 aliphatic carbocycles. The van der Waals surface area contributed by atoms with Crippen LogP contribution in [0, 0.1) is 10.1 Å². The average molecular weight is 346 g/mol. The average Bonchev–Trinajstić information content (AvgIpc) is 3.24. The first-order valence-electron chi connectivity index (χ1n) is 7.33. The molecule has 2 heterocycles. The molecule has 1 aliphatic heterocycles. The molecule has 2 aromatic rings. The van der Waals surface area contributed by atoms with Crippen molar-refractivity contribution in [2.45, 2.75) is 18.9 Å². The van der Waals surface area contributed by atoms with Crippen LogP contribution in [0.1, 0.15) is 45.2 Å². The third-order valence-electron chi connectivity index (χ3n) is 4.06. The summed E-state index contributed by atoms with van der Waals surface area (Å²) in [6.45, 7) is 0.546. The van der Waals surface area contributed by atoms with Gasteiger partial charge in [0.05, 0.1) is 16.5 Å². The second-order valence-corrected chi connectivity index (χ2v) is 6.32. The minimum absolute atomic E-state index is 0.0312. The van der Waals surface area contributed by atoms with Crippen molar-refractivity contribution < 1.29 is 19.6 Å². The van der Waals surface area contributed by atoms with Gasteiger partial charge in [0.25, 0.3) is 11.6 Å². The van der Waals surface area contributed by atoms with Crippen molar-refractivity contribution in [1.82, 2.24) is 4.90 Å². The maximum absolute atomic E-state index is 12.8. The van der Waals surface area contributed by atoms with Gasteiger partial charge in [-0.15, -0.1) is 0 Å². The molecule has 1 fully saturated rings. The molecule has 24 heavy (non-hydrogen) atoms. The van der Waals surface area contributed by atoms with Crippen LogP contribution in [0.4, 0.5) is 5.69 Å². The number of amides is 1. The quantitative estimate of drug-likeness (QED) is 0.676. The maximum Gasteiger partial charge on any atom is 0.335 e. The van der Waals surface area contributed by atoms with Crippen LogP contribution in [0.3, 0.4) is 0 Å². The van der Waals surface area contributed by atoms with Gasteiger partial charge in [0.15, 0.2) is 0 Å². The molecule has 1 aliphatic rings. The lowest BCUT2D eigenvalue weighted by Crippen LogP contribution is -2.30. The van der Waals surface area contributed by atoms with E-state index in [1.807, 2.05) is 16.8 Å². The molecule has 0 saturated carbocycles. The summed E-state index contributed by atoms with van der Waals surface area (Å²) < 4.78 is 0. The normalized spacial score (nSPS) is 17.0. The van der Waals surface area contributed by atoms with Gasteiger partial charge in [0, 0.05) is 24.2 Å². The van der Waals surface area contributed by atoms with Crippen LogP contribution in [0.2, 0.25) is 0 Å². The van der Waals surface area contributed by atoms with Crippen LogP contribution in [0.15, 0.2) is 35.0 Å². The SMILES string of the molecule is O=C(O)c1cc(C(=O)N2CCCC2c2ccsc2)cc([N+](=O)[O-])c1. The molecule has 7 nitrogen and oxygen atoms in total. The smallest absolute Gasteiger partial charge is 0.335 e. The molecular weight excluding hydrogens is 332 g/mol. The molecule has 1 atom stereocenters. The highest BCUT2D eigenvalue weighted by Crippen LogP contribution is 2.34. The highest BCUT2D eigenvalue weighted by Gasteiger charge is 2.32. The van der Waals surface area contributed by atoms with E-state index in [1.165, 1.54) is 6.07 Å². The lowest BCUT2D eigenvalue weighted by molar-refractivity contribution is -0.384. The zero-order chi connectivity index (χ0) is 17.3. The van der Waals surface area contributed by atoms with E-state index in [4.69, 9.17) is 5.11 Å². The molecule has 3 rings (SSSR count). The van der Waals surface area contributed by atoms with E-state index < -0.39 is 16.6 Å². The number of nitro groups is 1. The van der Waals surface area contributed by atoms with Crippen LogP contribution in [0.25, 0.3) is 0 Å². The predicted molar refractivity (Wildman–Crippen MR) is 87.4 cm³/mol. The van der Waals surface area contributed by atoms with Gasteiger partial charge in [0.1, 0.15) is 0 Å². The van der Waals surface area contributed by atoms with E-state index in [2.05, 4.69) is 0 Å². The molecule has 1 aromatic carbocycles. The van der Waals surface area contributed by atoms with E-state index >= 15 is 0 Å². The number of hydrogen-bond donors (Lipinski definition) is 1. The Kier molecular flexibility index (Phi) is 4.30. The Hall–Kier alpha value is -2.74. The summed E-state index contributed by atoms with van der Waals surface area (Å²) in [7, 11) is 0. The van der Waals surface area contributed by atoms with Gasteiger partial charge in [-0.3, -0.25) is 14.9 Å². The standard InChI is InChI=1S/C16H14N2O5S/c19-15(17-4-1-2-14(17)10-3-5-24-9-10)11-6-12(16(20)21)8-13(7-11)18(22)23/h3,5-9,14H,1-2,4H2,(H,20,21). The third kappa shape index (κ3) is 3.00. The minimum atomic E-state index is -1.30. The molecule has 124 valence electrons. The number of thiophene rings is 1. The Bertz CT molecular complexity index is 771. The van der Waals surface area contributed by atoms with E-state index in [0.29, 0.717) is 6.54 Å². The van der Waals surface area contributed by atoms with Crippen molar-refractivity contribution in [3.8, 4) is 0 Å². The van der Waals surface area contributed by atoms with Crippen LogP contribution in [-0.2, 0) is 0 Å². The summed E-state index contributed by atoms with van der Waals surface area (Å²) in [5.41, 5.74) is 0.404. The largest absolute Gasteiger partial charge is 0.478 e. The van der Waals surface area contributed by atoms with Crippen molar-refractivity contribution in [2.75, 3.05) is 6.54 Å². The molecule has 1 amide bonds. The number of benzene rings is 1. The molecule has 1 N–H and O–H groups in total. The Morgan fingerprint density at radius 3 is 2.67 bits per heavy atom. The number of carboxylic acid groups (broad SMARTS) is 1. The van der Waals surface area contributed by atoms with Crippen LogP contribution in [0.5, 0.6) is 0 Å². The number of nitro benzene ring substituents is 1. The number of nitrogens with zero attached hydrogens (tertiary/aromatic N) is 2. The third-order valence-corrected chi connectivity index (χ3v) is 4.77. The van der Waals surface area contributed by atoms with Crippen LogP contribution < -0.4 is 0 Å². The van der Waals surface area contributed by atoms with Gasteiger partial charge in [-0.2, -0.15) is 11.3 Å². The summed E-state index contributed by atoms with van der Waals surface area (Å²) in [5.74, 6) is -1.68. The molecule has 0 bridgehead atoms. The number of aromatic carboxylic acids is 1. The van der Waals surface area contributed by atoms with Crippen molar-refractivity contribution >= 4 is 28.9 Å². The van der Waals surface area contributed by atoms with E-state index in [-0.39, 0.29) is 23.1 Å². The first-order valence-corrected chi connectivity index (χ1v) is 8.27. The topological polar surface area (TPSA) is 101 Å². The highest BCUT2D eigenvalue weighted by atomic mass is 32.1. The predicted octanol–water partition coefficient (Wildman–Crippen LogP) is 3.33. The molecule has 1 unspecified atom stereocenters. The fraction of sp³-hybridized carbons (Fsp3) is 0.250. The zero-order valence-corrected chi connectivity index (χ0v) is 13.4. The number of carbonyl (C=O) groups excluding carboxylic acids is 1. The Balaban J connectivity index is 1.97. The van der Waals surface area contributed by atoms with Crippen molar-refractivity contribution in [3.05, 3.63) is 61.8 Å². The van der Waals surface area contributed by atoms with Crippen LogP contribution in [-0.4, -0.2) is 33.4 Å². The summed E-state index contributed by atoms with van der Waals surface area (Å²) in [4.78, 5) is 36.0. The molecule has 0 radical (unpaired) electrons. The number of carbonyl (C=O) groups is 2. The fourth-order valence-corrected chi connectivity index (χ4v) is 3.66. The van der Waals surface area contributed by atoms with Gasteiger partial charge in [0.2, 0.25) is 0 Å². The van der Waals surface area contributed by atoms with Crippen molar-refractivity contribution in [3.63, 3.8) is 0 Å². The number of rotatable bonds is 4.